The number of nitrogens with zero attached hydrogens (tertiary/aromatic N) is 2. The van der Waals surface area contributed by atoms with Crippen molar-refractivity contribution < 1.29 is 0 Å². The first kappa shape index (κ1) is 12.5. The van der Waals surface area contributed by atoms with Gasteiger partial charge in [-0.25, -0.2) is 4.98 Å². The van der Waals surface area contributed by atoms with Gasteiger partial charge in [-0.2, -0.15) is 0 Å². The largest absolute Gasteiger partial charge is 0.378 e. The molecule has 2 aromatic heterocycles. The molecule has 0 amide bonds. The summed E-state index contributed by atoms with van der Waals surface area (Å²) in [5, 5.41) is 4.04. The number of hydrogen-bond acceptors (Lipinski definition) is 2. The van der Waals surface area contributed by atoms with Crippen LogP contribution in [0.3, 0.4) is 0 Å². The maximum Gasteiger partial charge on any atom is 0.134 e. The second kappa shape index (κ2) is 5.23. The van der Waals surface area contributed by atoms with E-state index in [1.54, 1.807) is 0 Å². The maximum absolute atomic E-state index is 5.96. The lowest BCUT2D eigenvalue weighted by atomic mass is 10.3. The average molecular weight is 337 g/mol. The fourth-order valence-electron chi connectivity index (χ4n) is 1.97. The van der Waals surface area contributed by atoms with Gasteiger partial charge in [0, 0.05) is 16.9 Å². The molecule has 0 aliphatic rings. The lowest BCUT2D eigenvalue weighted by Gasteiger charge is -2.06. The van der Waals surface area contributed by atoms with Gasteiger partial charge in [0.25, 0.3) is 0 Å². The van der Waals surface area contributed by atoms with E-state index in [0.717, 1.165) is 26.7 Å². The molecule has 3 aromatic rings. The van der Waals surface area contributed by atoms with Gasteiger partial charge >= 0.3 is 0 Å². The molecule has 96 valence electrons. The summed E-state index contributed by atoms with van der Waals surface area (Å²) in [6.07, 6.45) is 2.00. The number of pyridine rings is 1. The number of hydrogen-bond donors (Lipinski definition) is 1. The number of imidazole rings is 1. The highest BCUT2D eigenvalue weighted by atomic mass is 79.9. The molecular weight excluding hydrogens is 326 g/mol. The first-order valence-corrected chi connectivity index (χ1v) is 7.02. The molecule has 0 saturated heterocycles. The van der Waals surface area contributed by atoms with E-state index in [4.69, 9.17) is 11.6 Å². The fraction of sp³-hybridized carbons (Fsp3) is 0.0714. The van der Waals surface area contributed by atoms with Crippen LogP contribution in [0, 0.1) is 0 Å². The van der Waals surface area contributed by atoms with Crippen LogP contribution in [-0.4, -0.2) is 9.38 Å². The Morgan fingerprint density at radius 3 is 2.95 bits per heavy atom. The molecule has 19 heavy (non-hydrogen) atoms. The SMILES string of the molecule is Clc1cccc(NCc2nc(Br)c3ccccn23)c1. The predicted octanol–water partition coefficient (Wildman–Crippen LogP) is 4.36. The van der Waals surface area contributed by atoms with E-state index in [1.165, 1.54) is 0 Å². The van der Waals surface area contributed by atoms with E-state index >= 15 is 0 Å². The van der Waals surface area contributed by atoms with Crippen LogP contribution >= 0.6 is 27.5 Å². The lowest BCUT2D eigenvalue weighted by molar-refractivity contribution is 0.940. The summed E-state index contributed by atoms with van der Waals surface area (Å²) in [6.45, 7) is 0.636. The summed E-state index contributed by atoms with van der Waals surface area (Å²) in [4.78, 5) is 4.51. The lowest BCUT2D eigenvalue weighted by Crippen LogP contribution is -2.03. The summed E-state index contributed by atoms with van der Waals surface area (Å²) in [7, 11) is 0. The number of halogens is 2. The van der Waals surface area contributed by atoms with Crippen molar-refractivity contribution >= 4 is 38.7 Å². The Labute approximate surface area is 124 Å². The highest BCUT2D eigenvalue weighted by molar-refractivity contribution is 9.10. The number of aromatic nitrogens is 2. The van der Waals surface area contributed by atoms with Gasteiger partial charge in [0.2, 0.25) is 0 Å². The van der Waals surface area contributed by atoms with Crippen LogP contribution in [0.4, 0.5) is 5.69 Å². The molecule has 5 heteroatoms. The van der Waals surface area contributed by atoms with Crippen molar-refractivity contribution in [2.24, 2.45) is 0 Å². The Balaban J connectivity index is 1.86. The van der Waals surface area contributed by atoms with E-state index in [0.29, 0.717) is 6.54 Å². The average Bonchev–Trinajstić information content (AvgIpc) is 2.74. The summed E-state index contributed by atoms with van der Waals surface area (Å²) < 4.78 is 2.91. The van der Waals surface area contributed by atoms with Crippen LogP contribution in [-0.2, 0) is 6.54 Å². The van der Waals surface area contributed by atoms with Crippen molar-refractivity contribution in [2.75, 3.05) is 5.32 Å². The third-order valence-corrected chi connectivity index (χ3v) is 3.67. The van der Waals surface area contributed by atoms with E-state index < -0.39 is 0 Å². The normalized spacial score (nSPS) is 10.8. The van der Waals surface area contributed by atoms with Gasteiger partial charge in [-0.3, -0.25) is 0 Å². The van der Waals surface area contributed by atoms with Crippen LogP contribution in [0.1, 0.15) is 5.82 Å². The van der Waals surface area contributed by atoms with Crippen molar-refractivity contribution in [1.82, 2.24) is 9.38 Å². The molecule has 3 nitrogen and oxygen atoms in total. The summed E-state index contributed by atoms with van der Waals surface area (Å²) >= 11 is 9.43. The molecule has 2 heterocycles. The standard InChI is InChI=1S/C14H11BrClN3/c15-14-12-6-1-2-7-19(12)13(18-14)9-17-11-5-3-4-10(16)8-11/h1-8,17H,9H2. The minimum Gasteiger partial charge on any atom is -0.378 e. The van der Waals surface area contributed by atoms with E-state index in [2.05, 4.69) is 30.6 Å². The summed E-state index contributed by atoms with van der Waals surface area (Å²) in [5.41, 5.74) is 2.04. The number of benzene rings is 1. The first-order valence-electron chi connectivity index (χ1n) is 5.85. The zero-order valence-corrected chi connectivity index (χ0v) is 12.3. The van der Waals surface area contributed by atoms with Gasteiger partial charge in [-0.1, -0.05) is 23.7 Å². The quantitative estimate of drug-likeness (QED) is 0.770. The van der Waals surface area contributed by atoms with Gasteiger partial charge in [0.1, 0.15) is 10.4 Å². The third-order valence-electron chi connectivity index (χ3n) is 2.85. The third kappa shape index (κ3) is 2.60. The number of rotatable bonds is 3. The van der Waals surface area contributed by atoms with Gasteiger partial charge in [-0.15, -0.1) is 0 Å². The van der Waals surface area contributed by atoms with E-state index in [-0.39, 0.29) is 0 Å². The molecule has 0 unspecified atom stereocenters. The second-order valence-electron chi connectivity index (χ2n) is 4.14. The molecule has 1 N–H and O–H groups in total. The Bertz CT molecular complexity index is 724. The van der Waals surface area contributed by atoms with Gasteiger partial charge in [0.05, 0.1) is 12.1 Å². The van der Waals surface area contributed by atoms with Crippen molar-refractivity contribution in [3.05, 3.63) is 64.1 Å². The van der Waals surface area contributed by atoms with Crippen molar-refractivity contribution in [3.63, 3.8) is 0 Å². The van der Waals surface area contributed by atoms with Gasteiger partial charge < -0.3 is 9.72 Å². The molecule has 1 aromatic carbocycles. The number of anilines is 1. The Morgan fingerprint density at radius 1 is 1.21 bits per heavy atom. The first-order chi connectivity index (χ1) is 9.24. The minimum atomic E-state index is 0.636. The molecule has 3 rings (SSSR count). The Morgan fingerprint density at radius 2 is 2.11 bits per heavy atom. The van der Waals surface area contributed by atoms with E-state index in [9.17, 15) is 0 Å². The van der Waals surface area contributed by atoms with Crippen LogP contribution in [0.5, 0.6) is 0 Å². The van der Waals surface area contributed by atoms with Crippen LogP contribution in [0.15, 0.2) is 53.3 Å². The van der Waals surface area contributed by atoms with Crippen LogP contribution < -0.4 is 5.32 Å². The second-order valence-corrected chi connectivity index (χ2v) is 5.33. The zero-order valence-electron chi connectivity index (χ0n) is 9.98. The monoisotopic (exact) mass is 335 g/mol. The highest BCUT2D eigenvalue weighted by Crippen LogP contribution is 2.20. The molecule has 0 radical (unpaired) electrons. The van der Waals surface area contributed by atoms with Crippen molar-refractivity contribution in [3.8, 4) is 0 Å². The maximum atomic E-state index is 5.96. The summed E-state index contributed by atoms with van der Waals surface area (Å²) in [5.74, 6) is 0.947. The predicted molar refractivity (Wildman–Crippen MR) is 81.7 cm³/mol. The topological polar surface area (TPSA) is 29.3 Å². The molecule has 0 bridgehead atoms. The zero-order chi connectivity index (χ0) is 13.2. The van der Waals surface area contributed by atoms with Crippen molar-refractivity contribution in [1.29, 1.82) is 0 Å². The van der Waals surface area contributed by atoms with Gasteiger partial charge in [-0.05, 0) is 46.3 Å². The number of nitrogens with one attached hydrogen (secondary N) is 1. The molecule has 0 fully saturated rings. The number of fused-ring (bicyclic) bond motifs is 1. The smallest absolute Gasteiger partial charge is 0.134 e. The molecular formula is C14H11BrClN3. The highest BCUT2D eigenvalue weighted by Gasteiger charge is 2.07. The summed E-state index contributed by atoms with van der Waals surface area (Å²) in [6, 6.07) is 13.7. The minimum absolute atomic E-state index is 0.636. The van der Waals surface area contributed by atoms with Gasteiger partial charge in [0.15, 0.2) is 0 Å². The molecule has 0 saturated carbocycles. The molecule has 0 aliphatic heterocycles. The fourth-order valence-corrected chi connectivity index (χ4v) is 2.68. The van der Waals surface area contributed by atoms with Crippen LogP contribution in [0.25, 0.3) is 5.52 Å². The van der Waals surface area contributed by atoms with Crippen molar-refractivity contribution in [2.45, 2.75) is 6.54 Å². The molecule has 0 atom stereocenters. The van der Waals surface area contributed by atoms with E-state index in [1.807, 2.05) is 48.7 Å². The molecule has 0 aliphatic carbocycles. The Hall–Kier alpha value is -1.52. The van der Waals surface area contributed by atoms with Crippen LogP contribution in [0.2, 0.25) is 5.02 Å². The Kier molecular flexibility index (Phi) is 3.44. The molecule has 0 spiro atoms.